The lowest BCUT2D eigenvalue weighted by Gasteiger charge is -2.04. The molecule has 2 aromatic rings. The normalized spacial score (nSPS) is 10.1. The highest BCUT2D eigenvalue weighted by atomic mass is 35.5. The number of halogens is 1. The van der Waals surface area contributed by atoms with Crippen molar-refractivity contribution < 1.29 is 0 Å². The summed E-state index contributed by atoms with van der Waals surface area (Å²) < 4.78 is 1.97. The van der Waals surface area contributed by atoms with Gasteiger partial charge in [-0.2, -0.15) is 5.10 Å². The summed E-state index contributed by atoms with van der Waals surface area (Å²) in [5.41, 5.74) is 9.35. The van der Waals surface area contributed by atoms with Gasteiger partial charge in [-0.15, -0.1) is 12.4 Å². The first-order chi connectivity index (χ1) is 8.35. The number of aryl methyl sites for hydroxylation is 2. The number of nitrogens with zero attached hydrogens (tertiary/aromatic N) is 2. The Morgan fingerprint density at radius 1 is 1.28 bits per heavy atom. The van der Waals surface area contributed by atoms with Gasteiger partial charge in [0.15, 0.2) is 0 Å². The van der Waals surface area contributed by atoms with E-state index in [1.807, 2.05) is 10.9 Å². The molecule has 1 heterocycles. The summed E-state index contributed by atoms with van der Waals surface area (Å²) >= 11 is 0. The third kappa shape index (κ3) is 3.34. The Labute approximate surface area is 114 Å². The summed E-state index contributed by atoms with van der Waals surface area (Å²) in [5.74, 6) is 0. The molecule has 2 rings (SSSR count). The van der Waals surface area contributed by atoms with Crippen LogP contribution >= 0.6 is 12.4 Å². The summed E-state index contributed by atoms with van der Waals surface area (Å²) in [6.45, 7) is 3.78. The molecular weight excluding hydrogens is 246 g/mol. The van der Waals surface area contributed by atoms with Crippen LogP contribution < -0.4 is 5.73 Å². The molecule has 0 bridgehead atoms. The fourth-order valence-electron chi connectivity index (χ4n) is 1.99. The fraction of sp³-hybridized carbons (Fsp3) is 0.357. The van der Waals surface area contributed by atoms with E-state index < -0.39 is 0 Å². The molecule has 0 spiro atoms. The number of hydrogen-bond donors (Lipinski definition) is 1. The zero-order valence-electron chi connectivity index (χ0n) is 10.7. The highest BCUT2D eigenvalue weighted by molar-refractivity contribution is 5.85. The standard InChI is InChI=1S/C14H19N3.ClH/c1-2-12-6-3-4-7-14(12)13-10-16-17(11-13)9-5-8-15;/h3-4,6-7,10-11H,2,5,8-9,15H2,1H3;1H. The molecule has 0 unspecified atom stereocenters. The fourth-order valence-corrected chi connectivity index (χ4v) is 1.99. The molecule has 0 aliphatic heterocycles. The Morgan fingerprint density at radius 3 is 2.78 bits per heavy atom. The lowest BCUT2D eigenvalue weighted by Crippen LogP contribution is -2.05. The van der Waals surface area contributed by atoms with Gasteiger partial charge in [-0.25, -0.2) is 0 Å². The third-order valence-corrected chi connectivity index (χ3v) is 2.93. The maximum Gasteiger partial charge on any atom is 0.0568 e. The van der Waals surface area contributed by atoms with E-state index in [1.165, 1.54) is 16.7 Å². The predicted molar refractivity (Wildman–Crippen MR) is 78.0 cm³/mol. The molecule has 0 aliphatic rings. The largest absolute Gasteiger partial charge is 0.330 e. The monoisotopic (exact) mass is 265 g/mol. The lowest BCUT2D eigenvalue weighted by molar-refractivity contribution is 0.585. The molecule has 0 amide bonds. The predicted octanol–water partition coefficient (Wildman–Crippen LogP) is 2.88. The van der Waals surface area contributed by atoms with Crippen molar-refractivity contribution in [1.82, 2.24) is 9.78 Å². The second-order valence-electron chi connectivity index (χ2n) is 4.15. The molecule has 4 heteroatoms. The second kappa shape index (κ2) is 7.19. The first-order valence-corrected chi connectivity index (χ1v) is 6.16. The molecule has 18 heavy (non-hydrogen) atoms. The van der Waals surface area contributed by atoms with Crippen molar-refractivity contribution >= 4 is 12.4 Å². The first-order valence-electron chi connectivity index (χ1n) is 6.16. The minimum atomic E-state index is 0. The van der Waals surface area contributed by atoms with E-state index in [9.17, 15) is 0 Å². The van der Waals surface area contributed by atoms with Crippen LogP contribution in [-0.4, -0.2) is 16.3 Å². The van der Waals surface area contributed by atoms with Gasteiger partial charge in [0.2, 0.25) is 0 Å². The van der Waals surface area contributed by atoms with Crippen molar-refractivity contribution in [3.05, 3.63) is 42.2 Å². The van der Waals surface area contributed by atoms with E-state index >= 15 is 0 Å². The molecule has 0 atom stereocenters. The number of rotatable bonds is 5. The lowest BCUT2D eigenvalue weighted by atomic mass is 10.0. The maximum atomic E-state index is 5.50. The van der Waals surface area contributed by atoms with Crippen molar-refractivity contribution in [2.24, 2.45) is 5.73 Å². The molecule has 98 valence electrons. The Hall–Kier alpha value is -1.32. The van der Waals surface area contributed by atoms with Crippen LogP contribution in [0.1, 0.15) is 18.9 Å². The van der Waals surface area contributed by atoms with Crippen LogP contribution in [0.3, 0.4) is 0 Å². The van der Waals surface area contributed by atoms with E-state index in [1.54, 1.807) is 0 Å². The quantitative estimate of drug-likeness (QED) is 0.903. The molecule has 0 radical (unpaired) electrons. The molecule has 0 fully saturated rings. The van der Waals surface area contributed by atoms with Crippen molar-refractivity contribution in [3.63, 3.8) is 0 Å². The van der Waals surface area contributed by atoms with Gasteiger partial charge in [0, 0.05) is 18.3 Å². The summed E-state index contributed by atoms with van der Waals surface area (Å²) in [7, 11) is 0. The number of nitrogens with two attached hydrogens (primary N) is 1. The first kappa shape index (κ1) is 14.7. The van der Waals surface area contributed by atoms with Gasteiger partial charge in [0.05, 0.1) is 6.20 Å². The van der Waals surface area contributed by atoms with Gasteiger partial charge in [0.1, 0.15) is 0 Å². The van der Waals surface area contributed by atoms with Crippen LogP contribution in [0.2, 0.25) is 0 Å². The van der Waals surface area contributed by atoms with Crippen LogP contribution in [-0.2, 0) is 13.0 Å². The van der Waals surface area contributed by atoms with Gasteiger partial charge in [-0.05, 0) is 30.5 Å². The molecule has 0 aliphatic carbocycles. The van der Waals surface area contributed by atoms with Crippen LogP contribution in [0.15, 0.2) is 36.7 Å². The molecule has 0 saturated carbocycles. The summed E-state index contributed by atoms with van der Waals surface area (Å²) in [5, 5.41) is 4.37. The number of benzene rings is 1. The van der Waals surface area contributed by atoms with Crippen LogP contribution in [0.25, 0.3) is 11.1 Å². The second-order valence-corrected chi connectivity index (χ2v) is 4.15. The highest BCUT2D eigenvalue weighted by Gasteiger charge is 2.05. The zero-order chi connectivity index (χ0) is 12.1. The Morgan fingerprint density at radius 2 is 2.06 bits per heavy atom. The Balaban J connectivity index is 0.00000162. The van der Waals surface area contributed by atoms with E-state index in [0.29, 0.717) is 6.54 Å². The highest BCUT2D eigenvalue weighted by Crippen LogP contribution is 2.23. The summed E-state index contributed by atoms with van der Waals surface area (Å²) in [6, 6.07) is 8.49. The van der Waals surface area contributed by atoms with Gasteiger partial charge in [0.25, 0.3) is 0 Å². The molecular formula is C14H20ClN3. The Kier molecular flexibility index (Phi) is 5.89. The molecule has 0 saturated heterocycles. The van der Waals surface area contributed by atoms with E-state index in [2.05, 4.69) is 42.5 Å². The Bertz CT molecular complexity index is 479. The maximum absolute atomic E-state index is 5.50. The van der Waals surface area contributed by atoms with Crippen molar-refractivity contribution in [3.8, 4) is 11.1 Å². The zero-order valence-corrected chi connectivity index (χ0v) is 11.5. The molecule has 1 aromatic heterocycles. The van der Waals surface area contributed by atoms with E-state index in [0.717, 1.165) is 19.4 Å². The van der Waals surface area contributed by atoms with Gasteiger partial charge in [-0.1, -0.05) is 31.2 Å². The van der Waals surface area contributed by atoms with Gasteiger partial charge in [-0.3, -0.25) is 4.68 Å². The van der Waals surface area contributed by atoms with Crippen LogP contribution in [0.4, 0.5) is 0 Å². The van der Waals surface area contributed by atoms with Gasteiger partial charge < -0.3 is 5.73 Å². The SMILES string of the molecule is CCc1ccccc1-c1cnn(CCCN)c1.Cl. The van der Waals surface area contributed by atoms with Crippen molar-refractivity contribution in [2.75, 3.05) is 6.54 Å². The molecule has 1 aromatic carbocycles. The smallest absolute Gasteiger partial charge is 0.0568 e. The number of aromatic nitrogens is 2. The van der Waals surface area contributed by atoms with Crippen LogP contribution in [0, 0.1) is 0 Å². The van der Waals surface area contributed by atoms with E-state index in [-0.39, 0.29) is 12.4 Å². The average Bonchev–Trinajstić information content (AvgIpc) is 2.85. The topological polar surface area (TPSA) is 43.8 Å². The van der Waals surface area contributed by atoms with Crippen LogP contribution in [0.5, 0.6) is 0 Å². The van der Waals surface area contributed by atoms with Crippen molar-refractivity contribution in [1.29, 1.82) is 0 Å². The van der Waals surface area contributed by atoms with Crippen molar-refractivity contribution in [2.45, 2.75) is 26.3 Å². The summed E-state index contributed by atoms with van der Waals surface area (Å²) in [6.07, 6.45) is 6.05. The summed E-state index contributed by atoms with van der Waals surface area (Å²) in [4.78, 5) is 0. The third-order valence-electron chi connectivity index (χ3n) is 2.93. The molecule has 3 nitrogen and oxygen atoms in total. The minimum Gasteiger partial charge on any atom is -0.330 e. The van der Waals surface area contributed by atoms with Gasteiger partial charge >= 0.3 is 0 Å². The van der Waals surface area contributed by atoms with E-state index in [4.69, 9.17) is 5.73 Å². The average molecular weight is 266 g/mol. The minimum absolute atomic E-state index is 0. The number of hydrogen-bond acceptors (Lipinski definition) is 2. The molecule has 2 N–H and O–H groups in total.